The molecule has 2 aromatic heterocycles. The predicted molar refractivity (Wildman–Crippen MR) is 204 cm³/mol. The second-order valence-corrected chi connectivity index (χ2v) is 22.0. The van der Waals surface area contributed by atoms with E-state index in [1.165, 1.54) is 10.5 Å². The highest BCUT2D eigenvalue weighted by atomic mass is 79.9. The molecule has 2 aliphatic rings. The minimum Gasteiger partial charge on any atom is -0.456 e. The smallest absolute Gasteiger partial charge is 0.342 e. The Hall–Kier alpha value is -4.00. The molecule has 0 spiro atoms. The van der Waals surface area contributed by atoms with Crippen LogP contribution in [0, 0.1) is 0 Å². The summed E-state index contributed by atoms with van der Waals surface area (Å²) in [5, 5.41) is 0.847. The molecule has 1 saturated heterocycles. The average molecular weight is 776 g/mol. The number of fused-ring (bicyclic) bond motifs is 2. The number of benzene rings is 2. The van der Waals surface area contributed by atoms with Crippen molar-refractivity contribution in [1.29, 1.82) is 0 Å². The molecule has 3 heterocycles. The van der Waals surface area contributed by atoms with Crippen molar-refractivity contribution in [2.75, 3.05) is 24.6 Å². The molecule has 2 amide bonds. The van der Waals surface area contributed by atoms with E-state index in [-0.39, 0.29) is 42.3 Å². The molecular formula is C39H47BrN4O6Si. The molecule has 0 bridgehead atoms. The number of piperazine rings is 1. The molecule has 270 valence electrons. The van der Waals surface area contributed by atoms with E-state index >= 15 is 0 Å². The highest BCUT2D eigenvalue weighted by Gasteiger charge is 2.37. The first-order valence-corrected chi connectivity index (χ1v) is 22.1. The van der Waals surface area contributed by atoms with Gasteiger partial charge in [0, 0.05) is 42.5 Å². The summed E-state index contributed by atoms with van der Waals surface area (Å²) in [4.78, 5) is 48.8. The fourth-order valence-corrected chi connectivity index (χ4v) is 7.91. The Morgan fingerprint density at radius 1 is 1.02 bits per heavy atom. The zero-order valence-corrected chi connectivity index (χ0v) is 32.9. The predicted octanol–water partition coefficient (Wildman–Crippen LogP) is 8.50. The number of hydrogen-bond donors (Lipinski definition) is 0. The molecule has 1 aliphatic heterocycles. The van der Waals surface area contributed by atoms with Crippen LogP contribution >= 0.6 is 15.9 Å². The molecule has 4 aromatic rings. The molecule has 51 heavy (non-hydrogen) atoms. The number of aromatic nitrogens is 2. The summed E-state index contributed by atoms with van der Waals surface area (Å²) in [6.45, 7) is 13.3. The molecule has 2 aromatic carbocycles. The minimum atomic E-state index is -1.19. The Morgan fingerprint density at radius 3 is 2.59 bits per heavy atom. The Balaban J connectivity index is 1.24. The van der Waals surface area contributed by atoms with Crippen LogP contribution in [0.25, 0.3) is 11.0 Å². The number of esters is 1. The van der Waals surface area contributed by atoms with Gasteiger partial charge in [0.1, 0.15) is 48.1 Å². The molecule has 1 fully saturated rings. The van der Waals surface area contributed by atoms with E-state index in [2.05, 4.69) is 46.6 Å². The van der Waals surface area contributed by atoms with Crippen molar-refractivity contribution in [3.63, 3.8) is 0 Å². The number of halogens is 1. The van der Waals surface area contributed by atoms with Gasteiger partial charge in [-0.15, -0.1) is 0 Å². The Bertz CT molecular complexity index is 1950. The number of amides is 2. The highest BCUT2D eigenvalue weighted by molar-refractivity contribution is 9.10. The van der Waals surface area contributed by atoms with Crippen molar-refractivity contribution < 1.29 is 28.6 Å². The number of rotatable bonds is 10. The third-order valence-electron chi connectivity index (χ3n) is 9.19. The monoisotopic (exact) mass is 774 g/mol. The first kappa shape index (κ1) is 36.8. The molecule has 12 heteroatoms. The van der Waals surface area contributed by atoms with E-state index in [0.29, 0.717) is 24.8 Å². The number of hydrogen-bond acceptors (Lipinski definition) is 7. The fourth-order valence-electron chi connectivity index (χ4n) is 6.57. The third kappa shape index (κ3) is 8.73. The van der Waals surface area contributed by atoms with E-state index < -0.39 is 19.6 Å². The maximum atomic E-state index is 13.8. The van der Waals surface area contributed by atoms with Crippen LogP contribution in [0.3, 0.4) is 0 Å². The van der Waals surface area contributed by atoms with Gasteiger partial charge in [-0.3, -0.25) is 9.59 Å². The van der Waals surface area contributed by atoms with Crippen molar-refractivity contribution in [3.8, 4) is 11.5 Å². The van der Waals surface area contributed by atoms with Gasteiger partial charge < -0.3 is 28.6 Å². The van der Waals surface area contributed by atoms with Gasteiger partial charge in [0.2, 0.25) is 11.8 Å². The van der Waals surface area contributed by atoms with Crippen LogP contribution in [-0.2, 0) is 32.2 Å². The van der Waals surface area contributed by atoms with E-state index in [0.717, 1.165) is 52.8 Å². The molecule has 0 saturated carbocycles. The topological polar surface area (TPSA) is 103 Å². The van der Waals surface area contributed by atoms with Gasteiger partial charge in [0.05, 0.1) is 12.2 Å². The first-order chi connectivity index (χ1) is 24.2. The largest absolute Gasteiger partial charge is 0.456 e. The molecule has 1 atom stereocenters. The molecule has 0 unspecified atom stereocenters. The molecule has 0 radical (unpaired) electrons. The Kier molecular flexibility index (Phi) is 10.8. The second kappa shape index (κ2) is 14.9. The number of nitrogens with zero attached hydrogens (tertiary/aromatic N) is 4. The number of ether oxygens (including phenoxy) is 3. The normalized spacial score (nSPS) is 17.0. The first-order valence-electron chi connectivity index (χ1n) is 17.6. The zero-order chi connectivity index (χ0) is 36.5. The molecule has 0 N–H and O–H groups in total. The summed E-state index contributed by atoms with van der Waals surface area (Å²) in [6.07, 6.45) is 7.27. The number of anilines is 1. The highest BCUT2D eigenvalue weighted by Crippen LogP contribution is 2.39. The van der Waals surface area contributed by atoms with Crippen LogP contribution in [0.2, 0.25) is 25.7 Å². The molecule has 10 nitrogen and oxygen atoms in total. The number of carbonyl (C=O) groups excluding carboxylic acids is 3. The summed E-state index contributed by atoms with van der Waals surface area (Å²) in [5.74, 6) is -0.294. The Morgan fingerprint density at radius 2 is 1.82 bits per heavy atom. The van der Waals surface area contributed by atoms with E-state index in [1.54, 1.807) is 50.1 Å². The lowest BCUT2D eigenvalue weighted by atomic mass is 9.97. The standard InChI is InChI=1S/C39H47BrN4O6Si/c1-39(2,3)50-38(47)31-15-14-27(21-34(31)49-28-20-26-16-17-42(37(26)41-22-28)25-48-18-19-51(4,5)6)43-23-36(46)44(24-35(43)45)33-13-8-7-10-29-30(33)11-9-12-32(29)40/h9,11-12,14-17,20-22,33H,7-8,10,13,18-19,23-25H2,1-6H3/t33-/m1/s1. The zero-order valence-electron chi connectivity index (χ0n) is 30.3. The fraction of sp³-hybridized carbons (Fsp3) is 0.436. The molecule has 6 rings (SSSR count). The van der Waals surface area contributed by atoms with Crippen molar-refractivity contribution >= 4 is 58.5 Å². The summed E-state index contributed by atoms with van der Waals surface area (Å²) >= 11 is 3.69. The molecular weight excluding hydrogens is 728 g/mol. The van der Waals surface area contributed by atoms with E-state index in [9.17, 15) is 14.4 Å². The maximum absolute atomic E-state index is 13.8. The van der Waals surface area contributed by atoms with Gasteiger partial charge in [-0.2, -0.15) is 0 Å². The lowest BCUT2D eigenvalue weighted by molar-refractivity contribution is -0.141. The maximum Gasteiger partial charge on any atom is 0.342 e. The van der Waals surface area contributed by atoms with E-state index in [4.69, 9.17) is 14.2 Å². The summed E-state index contributed by atoms with van der Waals surface area (Å²) in [7, 11) is -1.19. The molecule has 1 aliphatic carbocycles. The van der Waals surface area contributed by atoms with E-state index in [1.807, 2.05) is 35.0 Å². The summed E-state index contributed by atoms with van der Waals surface area (Å²) in [5.41, 5.74) is 2.97. The quantitative estimate of drug-likeness (QED) is 0.0689. The number of pyridine rings is 1. The van der Waals surface area contributed by atoms with Gasteiger partial charge in [-0.1, -0.05) is 54.1 Å². The van der Waals surface area contributed by atoms with Crippen LogP contribution < -0.4 is 9.64 Å². The van der Waals surface area contributed by atoms with Crippen LogP contribution in [0.1, 0.15) is 67.6 Å². The second-order valence-electron chi connectivity index (χ2n) is 15.6. The summed E-state index contributed by atoms with van der Waals surface area (Å²) < 4.78 is 21.0. The van der Waals surface area contributed by atoms with Gasteiger partial charge >= 0.3 is 5.97 Å². The van der Waals surface area contributed by atoms with Crippen molar-refractivity contribution in [2.24, 2.45) is 0 Å². The van der Waals surface area contributed by atoms with Crippen molar-refractivity contribution in [3.05, 3.63) is 82.1 Å². The van der Waals surface area contributed by atoms with Gasteiger partial charge in [0.25, 0.3) is 0 Å². The lowest BCUT2D eigenvalue weighted by Gasteiger charge is -2.39. The van der Waals surface area contributed by atoms with Crippen molar-refractivity contribution in [1.82, 2.24) is 14.5 Å². The SMILES string of the molecule is CC(C)(C)OC(=O)c1ccc(N2CC(=O)N([C@@H]3CCCCc4c(Br)cccc43)CC2=O)cc1Oc1cnc2c(ccn2COCC[Si](C)(C)C)c1. The minimum absolute atomic E-state index is 0.0428. The van der Waals surface area contributed by atoms with Crippen molar-refractivity contribution in [2.45, 2.75) is 90.5 Å². The van der Waals surface area contributed by atoms with Crippen LogP contribution in [0.5, 0.6) is 11.5 Å². The Labute approximate surface area is 309 Å². The third-order valence-corrected chi connectivity index (χ3v) is 11.6. The van der Waals surface area contributed by atoms with Crippen LogP contribution in [0.15, 0.2) is 65.4 Å². The van der Waals surface area contributed by atoms with Gasteiger partial charge in [-0.05, 0) is 87.5 Å². The number of carbonyl (C=O) groups is 3. The average Bonchev–Trinajstić information content (AvgIpc) is 3.32. The summed E-state index contributed by atoms with van der Waals surface area (Å²) in [6, 6.07) is 15.7. The van der Waals surface area contributed by atoms with Gasteiger partial charge in [-0.25, -0.2) is 9.78 Å². The lowest BCUT2D eigenvalue weighted by Crippen LogP contribution is -2.55. The van der Waals surface area contributed by atoms with Crippen LogP contribution in [-0.4, -0.2) is 65.6 Å². The van der Waals surface area contributed by atoms with Gasteiger partial charge in [0.15, 0.2) is 0 Å². The van der Waals surface area contributed by atoms with Crippen LogP contribution in [0.4, 0.5) is 5.69 Å².